The Hall–Kier alpha value is -2.45. The third-order valence-corrected chi connectivity index (χ3v) is 4.98. The van der Waals surface area contributed by atoms with Gasteiger partial charge in [0.05, 0.1) is 17.3 Å². The van der Waals surface area contributed by atoms with Crippen LogP contribution in [0.4, 0.5) is 0 Å². The molecule has 142 valence electrons. The van der Waals surface area contributed by atoms with Gasteiger partial charge in [0.25, 0.3) is 0 Å². The summed E-state index contributed by atoms with van der Waals surface area (Å²) in [7, 11) is 1.69. The number of ether oxygens (including phenoxy) is 1. The van der Waals surface area contributed by atoms with Crippen molar-refractivity contribution >= 4 is 5.78 Å². The van der Waals surface area contributed by atoms with Crippen molar-refractivity contribution in [2.45, 2.75) is 57.9 Å². The number of methoxy groups -OCH3 is 1. The normalized spacial score (nSPS) is 13.7. The van der Waals surface area contributed by atoms with Crippen LogP contribution in [0.5, 0.6) is 0 Å². The number of ketones is 1. The van der Waals surface area contributed by atoms with Crippen LogP contribution < -0.4 is 0 Å². The van der Waals surface area contributed by atoms with E-state index in [1.807, 2.05) is 28.9 Å². The lowest BCUT2D eigenvalue weighted by molar-refractivity contribution is 0.0961. The number of carbonyl (C=O) groups excluding carboxylic acids is 1. The van der Waals surface area contributed by atoms with Crippen molar-refractivity contribution in [3.63, 3.8) is 0 Å². The van der Waals surface area contributed by atoms with Gasteiger partial charge in [-0.05, 0) is 57.6 Å². The molecule has 1 aliphatic carbocycles. The third-order valence-electron chi connectivity index (χ3n) is 4.98. The van der Waals surface area contributed by atoms with E-state index in [0.717, 1.165) is 48.2 Å². The maximum absolute atomic E-state index is 13.1. The van der Waals surface area contributed by atoms with Crippen LogP contribution >= 0.6 is 0 Å². The smallest absolute Gasteiger partial charge is 0.181 e. The number of benzene rings is 1. The number of aromatic nitrogens is 2. The van der Waals surface area contributed by atoms with E-state index in [9.17, 15) is 4.79 Å². The summed E-state index contributed by atoms with van der Waals surface area (Å²) >= 11 is 0. The highest BCUT2D eigenvalue weighted by Crippen LogP contribution is 2.46. The van der Waals surface area contributed by atoms with E-state index in [4.69, 9.17) is 15.1 Å². The Kier molecular flexibility index (Phi) is 6.08. The molecule has 27 heavy (non-hydrogen) atoms. The summed E-state index contributed by atoms with van der Waals surface area (Å²) in [5, 5.41) is 13.9. The van der Waals surface area contributed by atoms with E-state index in [0.29, 0.717) is 24.5 Å². The van der Waals surface area contributed by atoms with Gasteiger partial charge in [0.15, 0.2) is 5.78 Å². The van der Waals surface area contributed by atoms with Crippen LogP contribution in [-0.4, -0.2) is 29.3 Å². The molecule has 1 fully saturated rings. The van der Waals surface area contributed by atoms with E-state index >= 15 is 0 Å². The van der Waals surface area contributed by atoms with Crippen LogP contribution in [0.1, 0.15) is 79.5 Å². The lowest BCUT2D eigenvalue weighted by Gasteiger charge is -2.11. The SMILES string of the molecule is COCCCCC(=O)c1c(C2CC2)c(-c2ccc(C#N)cc2)nn1C(C)C. The molecule has 3 rings (SSSR count). The van der Waals surface area contributed by atoms with E-state index < -0.39 is 0 Å². The van der Waals surface area contributed by atoms with Gasteiger partial charge in [0.1, 0.15) is 5.69 Å². The zero-order valence-electron chi connectivity index (χ0n) is 16.4. The molecule has 1 heterocycles. The largest absolute Gasteiger partial charge is 0.385 e. The molecule has 0 radical (unpaired) electrons. The van der Waals surface area contributed by atoms with E-state index in [2.05, 4.69) is 19.9 Å². The van der Waals surface area contributed by atoms with Crippen LogP contribution in [0, 0.1) is 11.3 Å². The van der Waals surface area contributed by atoms with Gasteiger partial charge in [-0.3, -0.25) is 9.48 Å². The quantitative estimate of drug-likeness (QED) is 0.469. The summed E-state index contributed by atoms with van der Waals surface area (Å²) in [4.78, 5) is 13.1. The fourth-order valence-electron chi connectivity index (χ4n) is 3.42. The van der Waals surface area contributed by atoms with Crippen LogP contribution in [0.25, 0.3) is 11.3 Å². The summed E-state index contributed by atoms with van der Waals surface area (Å²) in [5.41, 5.74) is 4.39. The first-order valence-electron chi connectivity index (χ1n) is 9.71. The van der Waals surface area contributed by atoms with Crippen LogP contribution in [0.15, 0.2) is 24.3 Å². The average molecular weight is 365 g/mol. The second-order valence-electron chi connectivity index (χ2n) is 7.49. The molecule has 0 N–H and O–H groups in total. The average Bonchev–Trinajstić information content (AvgIpc) is 3.43. The number of hydrogen-bond donors (Lipinski definition) is 0. The summed E-state index contributed by atoms with van der Waals surface area (Å²) in [5.74, 6) is 0.593. The zero-order valence-corrected chi connectivity index (χ0v) is 16.4. The van der Waals surface area contributed by atoms with Crippen molar-refractivity contribution in [1.29, 1.82) is 5.26 Å². The molecular formula is C22H27N3O2. The molecule has 1 saturated carbocycles. The number of Topliss-reactive ketones (excluding diaryl/α,β-unsaturated/α-hetero) is 1. The molecule has 0 saturated heterocycles. The van der Waals surface area contributed by atoms with Gasteiger partial charge < -0.3 is 4.74 Å². The number of rotatable bonds is 9. The summed E-state index contributed by atoms with van der Waals surface area (Å²) in [6, 6.07) is 9.76. The van der Waals surface area contributed by atoms with Crippen molar-refractivity contribution in [2.75, 3.05) is 13.7 Å². The minimum Gasteiger partial charge on any atom is -0.385 e. The predicted molar refractivity (Wildman–Crippen MR) is 105 cm³/mol. The lowest BCUT2D eigenvalue weighted by Crippen LogP contribution is -2.14. The first-order chi connectivity index (χ1) is 13.1. The minimum absolute atomic E-state index is 0.118. The summed E-state index contributed by atoms with van der Waals surface area (Å²) < 4.78 is 6.99. The molecule has 0 spiro atoms. The second kappa shape index (κ2) is 8.49. The molecule has 0 aliphatic heterocycles. The standard InChI is InChI=1S/C22H27N3O2/c1-15(2)25-22(19(26)6-4-5-13-27-3)20(17-11-12-17)21(24-25)18-9-7-16(14-23)8-10-18/h7-10,15,17H,4-6,11-13H2,1-3H3. The molecule has 0 bridgehead atoms. The van der Waals surface area contributed by atoms with Crippen molar-refractivity contribution in [3.05, 3.63) is 41.1 Å². The van der Waals surface area contributed by atoms with Gasteiger partial charge in [0, 0.05) is 37.3 Å². The molecule has 2 aromatic rings. The monoisotopic (exact) mass is 365 g/mol. The Bertz CT molecular complexity index is 840. The Morgan fingerprint density at radius 3 is 2.56 bits per heavy atom. The molecule has 0 amide bonds. The van der Waals surface area contributed by atoms with Gasteiger partial charge in [-0.25, -0.2) is 0 Å². The molecule has 1 aliphatic rings. The highest BCUT2D eigenvalue weighted by atomic mass is 16.5. The van der Waals surface area contributed by atoms with Crippen molar-refractivity contribution in [1.82, 2.24) is 9.78 Å². The van der Waals surface area contributed by atoms with Crippen molar-refractivity contribution < 1.29 is 9.53 Å². The topological polar surface area (TPSA) is 67.9 Å². The van der Waals surface area contributed by atoms with Crippen LogP contribution in [0.3, 0.4) is 0 Å². The van der Waals surface area contributed by atoms with Gasteiger partial charge in [-0.2, -0.15) is 10.4 Å². The summed E-state index contributed by atoms with van der Waals surface area (Å²) in [6.45, 7) is 4.81. The maximum Gasteiger partial charge on any atom is 0.181 e. The molecule has 1 aromatic carbocycles. The van der Waals surface area contributed by atoms with Gasteiger partial charge in [0.2, 0.25) is 0 Å². The number of carbonyl (C=O) groups is 1. The van der Waals surface area contributed by atoms with Gasteiger partial charge in [-0.1, -0.05) is 12.1 Å². The number of nitriles is 1. The highest BCUT2D eigenvalue weighted by molar-refractivity contribution is 5.98. The highest BCUT2D eigenvalue weighted by Gasteiger charge is 2.35. The third kappa shape index (κ3) is 4.28. The molecule has 0 atom stereocenters. The fraction of sp³-hybridized carbons (Fsp3) is 0.500. The van der Waals surface area contributed by atoms with E-state index in [1.165, 1.54) is 0 Å². The maximum atomic E-state index is 13.1. The Balaban J connectivity index is 1.99. The lowest BCUT2D eigenvalue weighted by atomic mass is 9.98. The van der Waals surface area contributed by atoms with E-state index in [-0.39, 0.29) is 11.8 Å². The predicted octanol–water partition coefficient (Wildman–Crippen LogP) is 4.88. The van der Waals surface area contributed by atoms with Crippen LogP contribution in [0.2, 0.25) is 0 Å². The minimum atomic E-state index is 0.118. The second-order valence-corrected chi connectivity index (χ2v) is 7.49. The van der Waals surface area contributed by atoms with Crippen molar-refractivity contribution in [2.24, 2.45) is 0 Å². The fourth-order valence-corrected chi connectivity index (χ4v) is 3.42. The van der Waals surface area contributed by atoms with E-state index in [1.54, 1.807) is 7.11 Å². The Labute approximate surface area is 161 Å². The molecule has 0 unspecified atom stereocenters. The molecule has 1 aromatic heterocycles. The van der Waals surface area contributed by atoms with Gasteiger partial charge in [-0.15, -0.1) is 0 Å². The number of hydrogen-bond acceptors (Lipinski definition) is 4. The summed E-state index contributed by atoms with van der Waals surface area (Å²) in [6.07, 6.45) is 4.45. The first kappa shape index (κ1) is 19.3. The first-order valence-corrected chi connectivity index (χ1v) is 9.71. The van der Waals surface area contributed by atoms with Crippen LogP contribution in [-0.2, 0) is 4.74 Å². The Morgan fingerprint density at radius 1 is 1.30 bits per heavy atom. The number of nitrogens with zero attached hydrogens (tertiary/aromatic N) is 3. The zero-order chi connectivity index (χ0) is 19.4. The molecule has 5 nitrogen and oxygen atoms in total. The molecular weight excluding hydrogens is 338 g/mol. The number of unbranched alkanes of at least 4 members (excludes halogenated alkanes) is 1. The molecule has 5 heteroatoms. The van der Waals surface area contributed by atoms with Gasteiger partial charge >= 0.3 is 0 Å². The van der Waals surface area contributed by atoms with Crippen molar-refractivity contribution in [3.8, 4) is 17.3 Å². The Morgan fingerprint density at radius 2 is 2.00 bits per heavy atom.